The van der Waals surface area contributed by atoms with E-state index in [1.165, 1.54) is 62.4 Å². The third kappa shape index (κ3) is 6.13. The Bertz CT molecular complexity index is 1420. The average molecular weight is 540 g/mol. The predicted octanol–water partition coefficient (Wildman–Crippen LogP) is 4.91. The zero-order valence-electron chi connectivity index (χ0n) is 20.0. The molecule has 0 radical (unpaired) electrons. The molecule has 37 heavy (non-hydrogen) atoms. The van der Waals surface area contributed by atoms with Gasteiger partial charge in [-0.2, -0.15) is 13.2 Å². The van der Waals surface area contributed by atoms with Crippen LogP contribution in [0, 0.1) is 0 Å². The molecule has 3 aromatic carbocycles. The molecule has 0 spiro atoms. The number of carbonyl (C=O) groups excluding carboxylic acids is 2. The van der Waals surface area contributed by atoms with E-state index < -0.39 is 51.3 Å². The van der Waals surface area contributed by atoms with Gasteiger partial charge in [0.15, 0.2) is 5.92 Å². The maximum atomic E-state index is 13.4. The van der Waals surface area contributed by atoms with Crippen molar-refractivity contribution in [1.82, 2.24) is 0 Å². The third-order valence-electron chi connectivity index (χ3n) is 5.18. The van der Waals surface area contributed by atoms with Crippen LogP contribution in [0.4, 0.5) is 18.9 Å². The van der Waals surface area contributed by atoms with Gasteiger partial charge in [0.05, 0.1) is 23.3 Å². The Morgan fingerprint density at radius 3 is 2.16 bits per heavy atom. The molecule has 0 amide bonds. The van der Waals surface area contributed by atoms with Gasteiger partial charge in [0, 0.05) is 16.3 Å². The van der Waals surface area contributed by atoms with Gasteiger partial charge in [-0.25, -0.2) is 8.42 Å². The van der Waals surface area contributed by atoms with E-state index in [1.807, 2.05) is 0 Å². The number of anilines is 1. The Morgan fingerprint density at radius 1 is 1.03 bits per heavy atom. The maximum Gasteiger partial charge on any atom is 0.451 e. The van der Waals surface area contributed by atoms with Gasteiger partial charge in [-0.3, -0.25) is 14.3 Å². The Morgan fingerprint density at radius 2 is 1.62 bits per heavy atom. The summed E-state index contributed by atoms with van der Waals surface area (Å²) >= 11 is 0. The van der Waals surface area contributed by atoms with E-state index in [-0.39, 0.29) is 21.4 Å². The van der Waals surface area contributed by atoms with Gasteiger partial charge in [0.2, 0.25) is 0 Å². The van der Waals surface area contributed by atoms with Crippen LogP contribution >= 0.6 is 0 Å². The lowest BCUT2D eigenvalue weighted by Gasteiger charge is -2.21. The molecule has 0 saturated carbocycles. The van der Waals surface area contributed by atoms with Crippen LogP contribution in [-0.2, 0) is 24.3 Å². The molecule has 3 rings (SSSR count). The van der Waals surface area contributed by atoms with Crippen molar-refractivity contribution in [3.63, 3.8) is 0 Å². The summed E-state index contributed by atoms with van der Waals surface area (Å²) < 4.78 is 79.0. The van der Waals surface area contributed by atoms with Gasteiger partial charge in [-0.05, 0) is 51.1 Å². The van der Waals surface area contributed by atoms with Crippen LogP contribution in [0.5, 0.6) is 11.5 Å². The second-order valence-electron chi connectivity index (χ2n) is 8.20. The first-order valence-electron chi connectivity index (χ1n) is 11.1. The molecule has 0 heterocycles. The number of phenolic OH excluding ortho intramolecular Hbond substituents is 1. The van der Waals surface area contributed by atoms with Crippen LogP contribution in [0.25, 0.3) is 10.8 Å². The summed E-state index contributed by atoms with van der Waals surface area (Å²) in [6.45, 7) is 4.88. The van der Waals surface area contributed by atoms with Crippen LogP contribution in [0.2, 0.25) is 0 Å². The molecule has 3 aromatic rings. The molecular weight excluding hydrogens is 515 g/mol. The van der Waals surface area contributed by atoms with Gasteiger partial charge < -0.3 is 14.6 Å². The van der Waals surface area contributed by atoms with E-state index in [9.17, 15) is 36.3 Å². The zero-order chi connectivity index (χ0) is 27.5. The number of ketones is 1. The number of benzene rings is 3. The maximum absolute atomic E-state index is 13.4. The van der Waals surface area contributed by atoms with E-state index >= 15 is 0 Å². The number of hydrogen-bond donors (Lipinski definition) is 2. The summed E-state index contributed by atoms with van der Waals surface area (Å²) in [6.07, 6.45) is -6.31. The normalized spacial score (nSPS) is 12.8. The topological polar surface area (TPSA) is 119 Å². The van der Waals surface area contributed by atoms with Crippen LogP contribution in [0.3, 0.4) is 0 Å². The van der Waals surface area contributed by atoms with Crippen LogP contribution in [0.1, 0.15) is 32.3 Å². The molecule has 198 valence electrons. The lowest BCUT2D eigenvalue weighted by molar-refractivity contribution is -0.178. The number of esters is 1. The molecule has 0 unspecified atom stereocenters. The molecule has 12 heteroatoms. The Kier molecular flexibility index (Phi) is 8.01. The molecule has 0 fully saturated rings. The van der Waals surface area contributed by atoms with Gasteiger partial charge in [-0.1, -0.05) is 24.3 Å². The first kappa shape index (κ1) is 27.8. The number of fused-ring (bicyclic) bond motifs is 1. The highest BCUT2D eigenvalue weighted by molar-refractivity contribution is 7.92. The van der Waals surface area contributed by atoms with E-state index in [2.05, 4.69) is 4.72 Å². The summed E-state index contributed by atoms with van der Waals surface area (Å²) in [6, 6.07) is 11.9. The fraction of sp³-hybridized carbons (Fsp3) is 0.280. The van der Waals surface area contributed by atoms with Gasteiger partial charge in [0.25, 0.3) is 15.8 Å². The fourth-order valence-electron chi connectivity index (χ4n) is 3.61. The number of ether oxygens (including phenoxy) is 2. The van der Waals surface area contributed by atoms with Crippen molar-refractivity contribution in [1.29, 1.82) is 0 Å². The number of aromatic hydroxyl groups is 1. The van der Waals surface area contributed by atoms with Gasteiger partial charge >= 0.3 is 12.1 Å². The molecule has 2 N–H and O–H groups in total. The largest absolute Gasteiger partial charge is 0.507 e. The number of hydrogen-bond acceptors (Lipinski definition) is 7. The van der Waals surface area contributed by atoms with E-state index in [4.69, 9.17) is 9.47 Å². The highest BCUT2D eigenvalue weighted by Gasteiger charge is 2.49. The lowest BCUT2D eigenvalue weighted by Crippen LogP contribution is -2.35. The standard InChI is InChI=1S/C25H24F3NO7S/c1-4-35-15-9-11-16(12-10-15)37(33,34)29-20-13-19(22(30)18-8-6-5-7-17(18)20)21(23(31)25(26,27)28)24(32)36-14(2)3/h5-14,21,29-30H,4H2,1-3H3/t21-/m1/s1. The Labute approximate surface area is 211 Å². The number of Topliss-reactive ketones (excluding diaryl/α,β-unsaturated/α-hetero) is 1. The predicted molar refractivity (Wildman–Crippen MR) is 129 cm³/mol. The summed E-state index contributed by atoms with van der Waals surface area (Å²) in [7, 11) is -4.29. The number of carbonyl (C=O) groups is 2. The van der Waals surface area contributed by atoms with E-state index in [1.54, 1.807) is 6.92 Å². The monoisotopic (exact) mass is 539 g/mol. The summed E-state index contributed by atoms with van der Waals surface area (Å²) in [5.41, 5.74) is -1.01. The number of sulfonamides is 1. The van der Waals surface area contributed by atoms with Crippen molar-refractivity contribution in [3.8, 4) is 11.5 Å². The average Bonchev–Trinajstić information content (AvgIpc) is 2.81. The van der Waals surface area contributed by atoms with Crippen molar-refractivity contribution in [2.45, 2.75) is 43.9 Å². The molecule has 0 aliphatic carbocycles. The summed E-state index contributed by atoms with van der Waals surface area (Å²) in [4.78, 5) is 24.7. The summed E-state index contributed by atoms with van der Waals surface area (Å²) in [5, 5.41) is 10.9. The molecule has 1 atom stereocenters. The fourth-order valence-corrected chi connectivity index (χ4v) is 4.68. The van der Waals surface area contributed by atoms with Crippen LogP contribution in [0.15, 0.2) is 59.5 Å². The molecule has 0 aromatic heterocycles. The first-order chi connectivity index (χ1) is 17.3. The van der Waals surface area contributed by atoms with Crippen molar-refractivity contribution in [2.75, 3.05) is 11.3 Å². The van der Waals surface area contributed by atoms with Crippen molar-refractivity contribution < 1.29 is 45.8 Å². The second-order valence-corrected chi connectivity index (χ2v) is 9.88. The number of nitrogens with one attached hydrogen (secondary N) is 1. The number of phenols is 1. The SMILES string of the molecule is CCOc1ccc(S(=O)(=O)Nc2cc([C@@H](C(=O)OC(C)C)C(=O)C(F)(F)F)c(O)c3ccccc23)cc1. The van der Waals surface area contributed by atoms with Crippen molar-refractivity contribution >= 4 is 38.2 Å². The lowest BCUT2D eigenvalue weighted by atomic mass is 9.90. The molecule has 0 aliphatic rings. The van der Waals surface area contributed by atoms with Gasteiger partial charge in [0.1, 0.15) is 11.5 Å². The zero-order valence-corrected chi connectivity index (χ0v) is 20.8. The molecule has 0 bridgehead atoms. The van der Waals surface area contributed by atoms with E-state index in [0.29, 0.717) is 12.4 Å². The molecule has 8 nitrogen and oxygen atoms in total. The molecule has 0 aliphatic heterocycles. The first-order valence-corrected chi connectivity index (χ1v) is 12.6. The van der Waals surface area contributed by atoms with Crippen molar-refractivity contribution in [2.24, 2.45) is 0 Å². The smallest absolute Gasteiger partial charge is 0.451 e. The van der Waals surface area contributed by atoms with Crippen LogP contribution in [-0.4, -0.2) is 44.2 Å². The molecule has 0 saturated heterocycles. The highest BCUT2D eigenvalue weighted by atomic mass is 32.2. The quantitative estimate of drug-likeness (QED) is 0.225. The molecular formula is C25H24F3NO7S. The minimum atomic E-state index is -5.44. The number of rotatable bonds is 9. The van der Waals surface area contributed by atoms with Gasteiger partial charge in [-0.15, -0.1) is 0 Å². The minimum Gasteiger partial charge on any atom is -0.507 e. The second kappa shape index (κ2) is 10.7. The Hall–Kier alpha value is -3.80. The van der Waals surface area contributed by atoms with E-state index in [0.717, 1.165) is 6.07 Å². The highest BCUT2D eigenvalue weighted by Crippen LogP contribution is 2.41. The number of halogens is 3. The third-order valence-corrected chi connectivity index (χ3v) is 6.56. The minimum absolute atomic E-state index is 0.0817. The van der Waals surface area contributed by atoms with Crippen molar-refractivity contribution in [3.05, 3.63) is 60.2 Å². The Balaban J connectivity index is 2.19. The van der Waals surface area contributed by atoms with Crippen LogP contribution < -0.4 is 9.46 Å². The number of alkyl halides is 3. The summed E-state index contributed by atoms with van der Waals surface area (Å²) in [5.74, 6) is -6.95.